The summed E-state index contributed by atoms with van der Waals surface area (Å²) in [5, 5.41) is 7.39. The second-order valence-corrected chi connectivity index (χ2v) is 8.01. The van der Waals surface area contributed by atoms with E-state index in [-0.39, 0.29) is 17.3 Å². The average Bonchev–Trinajstić information content (AvgIpc) is 3.11. The predicted octanol–water partition coefficient (Wildman–Crippen LogP) is 3.44. The number of nitrogens with one attached hydrogen (secondary N) is 1. The second-order valence-electron chi connectivity index (χ2n) is 7.19. The Hall–Kier alpha value is -3.43. The molecule has 11 heteroatoms. The molecule has 172 valence electrons. The van der Waals surface area contributed by atoms with Gasteiger partial charge in [0.05, 0.1) is 28.0 Å². The van der Waals surface area contributed by atoms with Gasteiger partial charge < -0.3 is 15.0 Å². The van der Waals surface area contributed by atoms with Crippen LogP contribution in [0, 0.1) is 13.8 Å². The van der Waals surface area contributed by atoms with E-state index in [2.05, 4.69) is 15.4 Å². The lowest BCUT2D eigenvalue weighted by molar-refractivity contribution is -0.136. The van der Waals surface area contributed by atoms with Crippen LogP contribution in [0.25, 0.3) is 5.82 Å². The van der Waals surface area contributed by atoms with Crippen molar-refractivity contribution in [2.24, 2.45) is 0 Å². The maximum Gasteiger partial charge on any atom is 0.359 e. The molecule has 2 heterocycles. The quantitative estimate of drug-likeness (QED) is 0.509. The van der Waals surface area contributed by atoms with Crippen molar-refractivity contribution in [1.29, 1.82) is 0 Å². The van der Waals surface area contributed by atoms with Gasteiger partial charge in [-0.05, 0) is 44.2 Å². The number of benzene rings is 1. The van der Waals surface area contributed by atoms with Gasteiger partial charge in [0, 0.05) is 12.7 Å². The molecule has 9 nitrogen and oxygen atoms in total. The first-order chi connectivity index (χ1) is 15.7. The van der Waals surface area contributed by atoms with Gasteiger partial charge in [-0.15, -0.1) is 0 Å². The second kappa shape index (κ2) is 10.5. The minimum Gasteiger partial charge on any atom is -0.451 e. The van der Waals surface area contributed by atoms with Gasteiger partial charge in [0.2, 0.25) is 5.91 Å². The lowest BCUT2D eigenvalue weighted by atomic mass is 10.3. The Balaban J connectivity index is 1.59. The SMILES string of the molecule is Cc1cc(C)n(-c2ccc(Cl)c(C(=O)OCC(=O)N(C)CC(=O)Nc3ccccc3Cl)n2)n1. The molecule has 0 aliphatic heterocycles. The van der Waals surface area contributed by atoms with Gasteiger partial charge in [-0.1, -0.05) is 35.3 Å². The van der Waals surface area contributed by atoms with Crippen LogP contribution in [0.5, 0.6) is 0 Å². The summed E-state index contributed by atoms with van der Waals surface area (Å²) in [5.74, 6) is -1.52. The number of rotatable bonds is 7. The highest BCUT2D eigenvalue weighted by molar-refractivity contribution is 6.34. The fourth-order valence-electron chi connectivity index (χ4n) is 2.92. The summed E-state index contributed by atoms with van der Waals surface area (Å²) in [6.45, 7) is 2.85. The third-order valence-electron chi connectivity index (χ3n) is 4.53. The number of halogens is 2. The molecule has 1 aromatic carbocycles. The normalized spacial score (nSPS) is 10.6. The van der Waals surface area contributed by atoms with Gasteiger partial charge in [-0.3, -0.25) is 9.59 Å². The van der Waals surface area contributed by atoms with Crippen LogP contribution < -0.4 is 5.32 Å². The minimum atomic E-state index is -0.870. The Morgan fingerprint density at radius 3 is 2.48 bits per heavy atom. The van der Waals surface area contributed by atoms with E-state index in [1.54, 1.807) is 35.0 Å². The highest BCUT2D eigenvalue weighted by Gasteiger charge is 2.20. The summed E-state index contributed by atoms with van der Waals surface area (Å²) in [7, 11) is 1.41. The number of anilines is 1. The molecule has 3 aromatic rings. The van der Waals surface area contributed by atoms with Gasteiger partial charge in [-0.25, -0.2) is 14.5 Å². The summed E-state index contributed by atoms with van der Waals surface area (Å²) in [5.41, 5.74) is 1.90. The van der Waals surface area contributed by atoms with Gasteiger partial charge >= 0.3 is 5.97 Å². The molecule has 0 aliphatic rings. The molecular weight excluding hydrogens is 469 g/mol. The molecule has 0 radical (unpaired) electrons. The molecule has 33 heavy (non-hydrogen) atoms. The van der Waals surface area contributed by atoms with Crippen molar-refractivity contribution in [2.75, 3.05) is 25.5 Å². The lowest BCUT2D eigenvalue weighted by Gasteiger charge is -2.17. The summed E-state index contributed by atoms with van der Waals surface area (Å²) >= 11 is 12.1. The molecule has 2 amide bonds. The third kappa shape index (κ3) is 6.09. The smallest absolute Gasteiger partial charge is 0.359 e. The van der Waals surface area contributed by atoms with Gasteiger partial charge in [0.25, 0.3) is 5.91 Å². The first-order valence-corrected chi connectivity index (χ1v) is 10.6. The zero-order valence-corrected chi connectivity index (χ0v) is 19.6. The zero-order valence-electron chi connectivity index (χ0n) is 18.1. The van der Waals surface area contributed by atoms with Gasteiger partial charge in [0.1, 0.15) is 0 Å². The molecule has 0 saturated carbocycles. The molecule has 0 spiro atoms. The Morgan fingerprint density at radius 1 is 1.09 bits per heavy atom. The maximum absolute atomic E-state index is 12.5. The van der Waals surface area contributed by atoms with Crippen LogP contribution in [-0.2, 0) is 14.3 Å². The standard InChI is InChI=1S/C22H21Cl2N5O4/c1-13-10-14(2)29(27-13)18-9-8-16(24)21(26-18)22(32)33-12-20(31)28(3)11-19(30)25-17-7-5-4-6-15(17)23/h4-10H,11-12H2,1-3H3,(H,25,30). The number of hydrogen-bond donors (Lipinski definition) is 1. The van der Waals surface area contributed by atoms with Crippen molar-refractivity contribution >= 4 is 46.7 Å². The molecule has 0 aliphatic carbocycles. The maximum atomic E-state index is 12.5. The van der Waals surface area contributed by atoms with Crippen molar-refractivity contribution in [2.45, 2.75) is 13.8 Å². The molecule has 1 N–H and O–H groups in total. The lowest BCUT2D eigenvalue weighted by Crippen LogP contribution is -2.37. The van der Waals surface area contributed by atoms with Crippen molar-refractivity contribution < 1.29 is 19.1 Å². The van der Waals surface area contributed by atoms with E-state index in [0.29, 0.717) is 16.5 Å². The summed E-state index contributed by atoms with van der Waals surface area (Å²) in [6, 6.07) is 11.7. The van der Waals surface area contributed by atoms with Crippen LogP contribution in [0.15, 0.2) is 42.5 Å². The number of amides is 2. The van der Waals surface area contributed by atoms with Crippen molar-refractivity contribution in [3.8, 4) is 5.82 Å². The number of esters is 1. The number of ether oxygens (including phenoxy) is 1. The predicted molar refractivity (Wildman–Crippen MR) is 124 cm³/mol. The first kappa shape index (κ1) is 24.2. The fourth-order valence-corrected chi connectivity index (χ4v) is 3.28. The van der Waals surface area contributed by atoms with Crippen molar-refractivity contribution in [3.63, 3.8) is 0 Å². The number of carbonyl (C=O) groups is 3. The number of aromatic nitrogens is 3. The number of para-hydroxylation sites is 1. The Morgan fingerprint density at radius 2 is 1.82 bits per heavy atom. The number of carbonyl (C=O) groups excluding carboxylic acids is 3. The molecule has 0 atom stereocenters. The first-order valence-electron chi connectivity index (χ1n) is 9.81. The van der Waals surface area contributed by atoms with E-state index in [9.17, 15) is 14.4 Å². The Bertz CT molecular complexity index is 1210. The summed E-state index contributed by atoms with van der Waals surface area (Å²) < 4.78 is 6.65. The highest BCUT2D eigenvalue weighted by Crippen LogP contribution is 2.20. The van der Waals surface area contributed by atoms with Crippen LogP contribution in [-0.4, -0.2) is 57.6 Å². The summed E-state index contributed by atoms with van der Waals surface area (Å²) in [4.78, 5) is 42.4. The number of pyridine rings is 1. The Labute approximate surface area is 200 Å². The van der Waals surface area contributed by atoms with Crippen LogP contribution in [0.1, 0.15) is 21.9 Å². The van der Waals surface area contributed by atoms with E-state index >= 15 is 0 Å². The number of nitrogens with zero attached hydrogens (tertiary/aromatic N) is 4. The molecule has 2 aromatic heterocycles. The van der Waals surface area contributed by atoms with Crippen molar-refractivity contribution in [1.82, 2.24) is 19.7 Å². The number of hydrogen-bond acceptors (Lipinski definition) is 6. The average molecular weight is 490 g/mol. The van der Waals surface area contributed by atoms with E-state index < -0.39 is 24.4 Å². The topological polar surface area (TPSA) is 106 Å². The van der Waals surface area contributed by atoms with E-state index in [1.807, 2.05) is 19.9 Å². The molecule has 0 unspecified atom stereocenters. The number of aryl methyl sites for hydroxylation is 2. The zero-order chi connectivity index (χ0) is 24.1. The van der Waals surface area contributed by atoms with Crippen LogP contribution in [0.3, 0.4) is 0 Å². The Kier molecular flexibility index (Phi) is 7.67. The monoisotopic (exact) mass is 489 g/mol. The van der Waals surface area contributed by atoms with Crippen LogP contribution >= 0.6 is 23.2 Å². The van der Waals surface area contributed by atoms with Crippen molar-refractivity contribution in [3.05, 3.63) is 69.6 Å². The largest absolute Gasteiger partial charge is 0.451 e. The molecule has 0 bridgehead atoms. The molecular formula is C22H21Cl2N5O4. The molecule has 0 fully saturated rings. The van der Waals surface area contributed by atoms with E-state index in [0.717, 1.165) is 16.3 Å². The van der Waals surface area contributed by atoms with Gasteiger partial charge in [-0.2, -0.15) is 5.10 Å². The van der Waals surface area contributed by atoms with Crippen LogP contribution in [0.2, 0.25) is 10.0 Å². The molecule has 0 saturated heterocycles. The van der Waals surface area contributed by atoms with E-state index in [4.69, 9.17) is 27.9 Å². The minimum absolute atomic E-state index is 0.0743. The molecule has 3 rings (SSSR count). The number of likely N-dealkylation sites (N-methyl/N-ethyl adjacent to an activating group) is 1. The van der Waals surface area contributed by atoms with Crippen LogP contribution in [0.4, 0.5) is 5.69 Å². The van der Waals surface area contributed by atoms with E-state index in [1.165, 1.54) is 13.1 Å². The third-order valence-corrected chi connectivity index (χ3v) is 5.17. The van der Waals surface area contributed by atoms with Gasteiger partial charge in [0.15, 0.2) is 18.1 Å². The fraction of sp³-hybridized carbons (Fsp3) is 0.227. The summed E-state index contributed by atoms with van der Waals surface area (Å²) in [6.07, 6.45) is 0. The highest BCUT2D eigenvalue weighted by atomic mass is 35.5.